The number of rotatable bonds is 5. The summed E-state index contributed by atoms with van der Waals surface area (Å²) in [4.78, 5) is 12.7. The zero-order valence-electron chi connectivity index (χ0n) is 15.9. The number of nitrogens with one attached hydrogen (secondary N) is 3. The van der Waals surface area contributed by atoms with Crippen LogP contribution in [0.1, 0.15) is 5.56 Å². The third kappa shape index (κ3) is 4.77. The molecule has 0 fully saturated rings. The second kappa shape index (κ2) is 8.26. The van der Waals surface area contributed by atoms with Gasteiger partial charge in [-0.05, 0) is 36.4 Å². The average molecular weight is 435 g/mol. The number of fused-ring (bicyclic) bond motifs is 1. The number of carbonyl (C=O) groups is 1. The number of amides is 1. The van der Waals surface area contributed by atoms with Gasteiger partial charge in [0.2, 0.25) is 0 Å². The van der Waals surface area contributed by atoms with Crippen molar-refractivity contribution in [3.05, 3.63) is 83.7 Å². The van der Waals surface area contributed by atoms with Crippen LogP contribution in [0.4, 0.5) is 17.6 Å². The molecule has 3 N–H and O–H groups in total. The summed E-state index contributed by atoms with van der Waals surface area (Å²) in [6, 6.07) is 6.14. The maximum atomic E-state index is 14.1. The Morgan fingerprint density at radius 3 is 2.84 bits per heavy atom. The van der Waals surface area contributed by atoms with Crippen LogP contribution in [0, 0.1) is 5.82 Å². The van der Waals surface area contributed by atoms with E-state index in [4.69, 9.17) is 4.74 Å². The molecule has 0 radical (unpaired) electrons. The van der Waals surface area contributed by atoms with Crippen molar-refractivity contribution in [1.82, 2.24) is 21.0 Å². The van der Waals surface area contributed by atoms with Gasteiger partial charge in [-0.3, -0.25) is 4.79 Å². The summed E-state index contributed by atoms with van der Waals surface area (Å²) in [5, 5.41) is 14.0. The zero-order chi connectivity index (χ0) is 22.0. The van der Waals surface area contributed by atoms with Crippen molar-refractivity contribution < 1.29 is 27.1 Å². The molecule has 0 saturated heterocycles. The SMILES string of the molecule is O=C(NC1=CC=CC(OCC(F)(F)F)N1)C1=CNC2C=CC(c3ccccc3F)=NN12. The number of allylic oxidation sites excluding steroid dienone is 3. The molecule has 162 valence electrons. The summed E-state index contributed by atoms with van der Waals surface area (Å²) >= 11 is 0. The lowest BCUT2D eigenvalue weighted by molar-refractivity contribution is -0.182. The van der Waals surface area contributed by atoms with Gasteiger partial charge in [-0.1, -0.05) is 18.2 Å². The van der Waals surface area contributed by atoms with Gasteiger partial charge in [0.1, 0.15) is 36.3 Å². The van der Waals surface area contributed by atoms with Gasteiger partial charge in [0.05, 0.1) is 5.71 Å². The molecule has 2 unspecified atom stereocenters. The highest BCUT2D eigenvalue weighted by molar-refractivity contribution is 6.09. The van der Waals surface area contributed by atoms with Gasteiger partial charge in [-0.15, -0.1) is 0 Å². The number of dihydropyridines is 1. The Kier molecular flexibility index (Phi) is 5.51. The normalized spacial score (nSPS) is 22.1. The summed E-state index contributed by atoms with van der Waals surface area (Å²) in [5.41, 5.74) is 0.777. The molecular weight excluding hydrogens is 418 g/mol. The van der Waals surface area contributed by atoms with Crippen molar-refractivity contribution >= 4 is 11.6 Å². The number of nitrogens with zero attached hydrogens (tertiary/aromatic N) is 2. The Bertz CT molecular complexity index is 1030. The van der Waals surface area contributed by atoms with Crippen LogP contribution >= 0.6 is 0 Å². The van der Waals surface area contributed by atoms with Crippen LogP contribution < -0.4 is 16.0 Å². The minimum Gasteiger partial charge on any atom is -0.365 e. The number of carbonyl (C=O) groups excluding carboxylic acids is 1. The molecule has 2 atom stereocenters. The van der Waals surface area contributed by atoms with Crippen molar-refractivity contribution in [3.8, 4) is 0 Å². The first-order valence-corrected chi connectivity index (χ1v) is 9.22. The smallest absolute Gasteiger partial charge is 0.365 e. The molecule has 3 aliphatic heterocycles. The first-order valence-electron chi connectivity index (χ1n) is 9.22. The Morgan fingerprint density at radius 2 is 2.06 bits per heavy atom. The fourth-order valence-electron chi connectivity index (χ4n) is 3.07. The van der Waals surface area contributed by atoms with Crippen molar-refractivity contribution in [2.45, 2.75) is 18.6 Å². The summed E-state index contributed by atoms with van der Waals surface area (Å²) in [6.07, 6.45) is 3.23. The van der Waals surface area contributed by atoms with E-state index in [1.807, 2.05) is 0 Å². The second-order valence-electron chi connectivity index (χ2n) is 6.72. The number of hydrazone groups is 1. The number of hydrogen-bond donors (Lipinski definition) is 3. The summed E-state index contributed by atoms with van der Waals surface area (Å²) < 4.78 is 55.8. The molecule has 0 bridgehead atoms. The van der Waals surface area contributed by atoms with Gasteiger partial charge < -0.3 is 20.7 Å². The quantitative estimate of drug-likeness (QED) is 0.619. The number of benzene rings is 1. The summed E-state index contributed by atoms with van der Waals surface area (Å²) in [7, 11) is 0. The lowest BCUT2D eigenvalue weighted by Gasteiger charge is -2.27. The highest BCUT2D eigenvalue weighted by Gasteiger charge is 2.32. The maximum absolute atomic E-state index is 14.1. The predicted molar refractivity (Wildman–Crippen MR) is 103 cm³/mol. The zero-order valence-corrected chi connectivity index (χ0v) is 15.9. The Balaban J connectivity index is 1.43. The van der Waals surface area contributed by atoms with Gasteiger partial charge in [-0.2, -0.15) is 18.3 Å². The van der Waals surface area contributed by atoms with Crippen molar-refractivity contribution in [2.75, 3.05) is 6.61 Å². The molecule has 11 heteroatoms. The third-order valence-electron chi connectivity index (χ3n) is 4.46. The fourth-order valence-corrected chi connectivity index (χ4v) is 3.07. The minimum atomic E-state index is -4.47. The molecule has 3 heterocycles. The van der Waals surface area contributed by atoms with Crippen molar-refractivity contribution in [1.29, 1.82) is 0 Å². The van der Waals surface area contributed by atoms with Gasteiger partial charge in [0.15, 0.2) is 0 Å². The Morgan fingerprint density at radius 1 is 1.26 bits per heavy atom. The number of halogens is 4. The van der Waals surface area contributed by atoms with E-state index in [1.165, 1.54) is 35.5 Å². The summed E-state index contributed by atoms with van der Waals surface area (Å²) in [6.45, 7) is -1.43. The number of ether oxygens (including phenoxy) is 1. The van der Waals surface area contributed by atoms with Gasteiger partial charge >= 0.3 is 6.18 Å². The van der Waals surface area contributed by atoms with Gasteiger partial charge in [0.25, 0.3) is 5.91 Å². The van der Waals surface area contributed by atoms with Crippen LogP contribution in [0.25, 0.3) is 0 Å². The Hall–Kier alpha value is -3.60. The molecule has 7 nitrogen and oxygen atoms in total. The third-order valence-corrected chi connectivity index (χ3v) is 4.46. The van der Waals surface area contributed by atoms with Crippen LogP contribution in [-0.2, 0) is 9.53 Å². The van der Waals surface area contributed by atoms with E-state index >= 15 is 0 Å². The van der Waals surface area contributed by atoms with E-state index in [2.05, 4.69) is 21.1 Å². The molecule has 1 aromatic carbocycles. The predicted octanol–water partition coefficient (Wildman–Crippen LogP) is 2.19. The molecule has 0 aliphatic carbocycles. The minimum absolute atomic E-state index is 0.146. The first kappa shape index (κ1) is 20.7. The monoisotopic (exact) mass is 435 g/mol. The van der Waals surface area contributed by atoms with Crippen LogP contribution in [-0.4, -0.2) is 41.8 Å². The largest absolute Gasteiger partial charge is 0.411 e. The molecule has 0 aromatic heterocycles. The molecule has 31 heavy (non-hydrogen) atoms. The van der Waals surface area contributed by atoms with E-state index in [1.54, 1.807) is 30.4 Å². The number of hydrogen-bond acceptors (Lipinski definition) is 6. The maximum Gasteiger partial charge on any atom is 0.411 e. The second-order valence-corrected chi connectivity index (χ2v) is 6.72. The van der Waals surface area contributed by atoms with E-state index in [9.17, 15) is 22.4 Å². The lowest BCUT2D eigenvalue weighted by Crippen LogP contribution is -2.43. The van der Waals surface area contributed by atoms with Crippen molar-refractivity contribution in [3.63, 3.8) is 0 Å². The number of alkyl halides is 3. The van der Waals surface area contributed by atoms with Crippen LogP contribution in [0.5, 0.6) is 0 Å². The van der Waals surface area contributed by atoms with Crippen LogP contribution in [0.3, 0.4) is 0 Å². The van der Waals surface area contributed by atoms with E-state index in [0.29, 0.717) is 5.71 Å². The molecule has 3 aliphatic rings. The first-order chi connectivity index (χ1) is 14.8. The summed E-state index contributed by atoms with van der Waals surface area (Å²) in [5.74, 6) is -0.847. The highest BCUT2D eigenvalue weighted by atomic mass is 19.4. The van der Waals surface area contributed by atoms with Crippen LogP contribution in [0.2, 0.25) is 0 Å². The van der Waals surface area contributed by atoms with E-state index < -0.39 is 36.9 Å². The highest BCUT2D eigenvalue weighted by Crippen LogP contribution is 2.23. The van der Waals surface area contributed by atoms with Gasteiger partial charge in [-0.25, -0.2) is 9.40 Å². The standard InChI is InChI=1S/C20H17F4N5O2/c21-13-5-2-1-4-12(13)14-8-9-17-25-10-15(29(17)28-14)19(30)27-16-6-3-7-18(26-16)31-11-20(22,23)24/h1-10,17-18,25-26H,11H2,(H,27,30). The molecule has 1 amide bonds. The lowest BCUT2D eigenvalue weighted by atomic mass is 10.1. The molecule has 0 saturated carbocycles. The van der Waals surface area contributed by atoms with E-state index in [-0.39, 0.29) is 17.1 Å². The topological polar surface area (TPSA) is 78.0 Å². The van der Waals surface area contributed by atoms with E-state index in [0.717, 1.165) is 0 Å². The molecule has 4 rings (SSSR count). The molecular formula is C20H17F4N5O2. The van der Waals surface area contributed by atoms with Crippen molar-refractivity contribution in [2.24, 2.45) is 5.10 Å². The Labute approximate surface area is 174 Å². The van der Waals surface area contributed by atoms with Crippen LogP contribution in [0.15, 0.2) is 77.5 Å². The molecule has 0 spiro atoms. The van der Waals surface area contributed by atoms with Gasteiger partial charge in [0, 0.05) is 11.8 Å². The fraction of sp³-hybridized carbons (Fsp3) is 0.200. The molecule has 1 aromatic rings. The average Bonchev–Trinajstić information content (AvgIpc) is 3.16.